The molecule has 0 saturated carbocycles. The molecule has 7 heteroatoms. The van der Waals surface area contributed by atoms with Gasteiger partial charge in [0.2, 0.25) is 11.8 Å². The van der Waals surface area contributed by atoms with Crippen LogP contribution in [0, 0.1) is 0 Å². The monoisotopic (exact) mass is 359 g/mol. The summed E-state index contributed by atoms with van der Waals surface area (Å²) < 4.78 is 0. The Kier molecular flexibility index (Phi) is 5.01. The van der Waals surface area contributed by atoms with Crippen molar-refractivity contribution in [3.63, 3.8) is 0 Å². The van der Waals surface area contributed by atoms with Crippen molar-refractivity contribution in [1.29, 1.82) is 0 Å². The molecule has 3 rings (SSSR count). The highest BCUT2D eigenvalue weighted by molar-refractivity contribution is 5.89. The minimum absolute atomic E-state index is 0.00647. The van der Waals surface area contributed by atoms with Crippen LogP contribution in [0.5, 0.6) is 0 Å². The van der Waals surface area contributed by atoms with Gasteiger partial charge in [-0.3, -0.25) is 14.5 Å². The van der Waals surface area contributed by atoms with Crippen LogP contribution < -0.4 is 5.32 Å². The first-order valence-electron chi connectivity index (χ1n) is 9.33. The number of rotatable bonds is 3. The summed E-state index contributed by atoms with van der Waals surface area (Å²) >= 11 is 0. The Morgan fingerprint density at radius 3 is 2.73 bits per heavy atom. The summed E-state index contributed by atoms with van der Waals surface area (Å²) in [5.41, 5.74) is 1.80. The van der Waals surface area contributed by atoms with Crippen molar-refractivity contribution in [1.82, 2.24) is 25.1 Å². The Balaban J connectivity index is 1.70. The van der Waals surface area contributed by atoms with E-state index in [1.54, 1.807) is 4.90 Å². The molecule has 1 fully saturated rings. The molecular weight excluding hydrogens is 330 g/mol. The molecule has 1 unspecified atom stereocenters. The van der Waals surface area contributed by atoms with E-state index in [4.69, 9.17) is 0 Å². The summed E-state index contributed by atoms with van der Waals surface area (Å²) in [6.07, 6.45) is 2.04. The van der Waals surface area contributed by atoms with Crippen molar-refractivity contribution in [2.75, 3.05) is 13.1 Å². The van der Waals surface area contributed by atoms with Crippen LogP contribution in [0.3, 0.4) is 0 Å². The summed E-state index contributed by atoms with van der Waals surface area (Å²) in [5, 5.41) is 2.88. The van der Waals surface area contributed by atoms with Gasteiger partial charge in [0.1, 0.15) is 5.82 Å². The third-order valence-corrected chi connectivity index (χ3v) is 5.08. The molecule has 1 atom stereocenters. The lowest BCUT2D eigenvalue weighted by molar-refractivity contribution is -0.140. The quantitative estimate of drug-likeness (QED) is 0.878. The van der Waals surface area contributed by atoms with Crippen LogP contribution >= 0.6 is 0 Å². The largest absolute Gasteiger partial charge is 0.353 e. The molecule has 0 radical (unpaired) electrons. The third-order valence-electron chi connectivity index (χ3n) is 5.08. The second kappa shape index (κ2) is 6.95. The molecule has 0 aliphatic carbocycles. The SMILES string of the molecule is CC(C)N1CCNC(=O)C1CC(=O)N1Cc2cnc(C(C)(C)C)nc2C1. The molecule has 142 valence electrons. The Labute approximate surface area is 155 Å². The number of nitrogens with zero attached hydrogens (tertiary/aromatic N) is 4. The maximum Gasteiger partial charge on any atom is 0.237 e. The van der Waals surface area contributed by atoms with Crippen LogP contribution in [0.25, 0.3) is 0 Å². The van der Waals surface area contributed by atoms with Gasteiger partial charge in [-0.15, -0.1) is 0 Å². The van der Waals surface area contributed by atoms with Gasteiger partial charge >= 0.3 is 0 Å². The topological polar surface area (TPSA) is 78.4 Å². The van der Waals surface area contributed by atoms with E-state index < -0.39 is 6.04 Å². The van der Waals surface area contributed by atoms with Crippen molar-refractivity contribution in [3.05, 3.63) is 23.3 Å². The molecule has 2 aliphatic rings. The standard InChI is InChI=1S/C19H29N5O2/c1-12(2)24-7-6-20-17(26)15(24)8-16(25)23-10-13-9-21-18(19(3,4)5)22-14(13)11-23/h9,12,15H,6-8,10-11H2,1-5H3,(H,20,26). The molecular formula is C19H29N5O2. The van der Waals surface area contributed by atoms with Gasteiger partial charge in [0, 0.05) is 42.9 Å². The normalized spacial score (nSPS) is 21.1. The van der Waals surface area contributed by atoms with E-state index in [0.717, 1.165) is 23.6 Å². The molecule has 0 bridgehead atoms. The summed E-state index contributed by atoms with van der Waals surface area (Å²) in [7, 11) is 0. The average molecular weight is 359 g/mol. The Morgan fingerprint density at radius 1 is 1.35 bits per heavy atom. The number of hydrogen-bond acceptors (Lipinski definition) is 5. The lowest BCUT2D eigenvalue weighted by Crippen LogP contribution is -2.58. The number of piperazine rings is 1. The second-order valence-corrected chi connectivity index (χ2v) is 8.51. The van der Waals surface area contributed by atoms with Gasteiger partial charge in [-0.2, -0.15) is 0 Å². The minimum atomic E-state index is -0.392. The second-order valence-electron chi connectivity index (χ2n) is 8.51. The number of aromatic nitrogens is 2. The van der Waals surface area contributed by atoms with Gasteiger partial charge < -0.3 is 10.2 Å². The van der Waals surface area contributed by atoms with Crippen LogP contribution in [0.15, 0.2) is 6.20 Å². The van der Waals surface area contributed by atoms with Gasteiger partial charge in [-0.05, 0) is 13.8 Å². The lowest BCUT2D eigenvalue weighted by atomic mass is 9.95. The van der Waals surface area contributed by atoms with E-state index in [0.29, 0.717) is 19.6 Å². The molecule has 0 spiro atoms. The van der Waals surface area contributed by atoms with E-state index >= 15 is 0 Å². The van der Waals surface area contributed by atoms with Crippen molar-refractivity contribution in [2.45, 2.75) is 71.6 Å². The number of hydrogen-bond donors (Lipinski definition) is 1. The van der Waals surface area contributed by atoms with Crippen molar-refractivity contribution >= 4 is 11.8 Å². The molecule has 2 aliphatic heterocycles. The molecule has 3 heterocycles. The number of amides is 2. The zero-order valence-corrected chi connectivity index (χ0v) is 16.4. The van der Waals surface area contributed by atoms with E-state index in [2.05, 4.69) is 54.8 Å². The summed E-state index contributed by atoms with van der Waals surface area (Å²) in [6, 6.07) is -0.161. The first-order valence-corrected chi connectivity index (χ1v) is 9.33. The minimum Gasteiger partial charge on any atom is -0.353 e. The Morgan fingerprint density at radius 2 is 2.08 bits per heavy atom. The molecule has 1 N–H and O–H groups in total. The van der Waals surface area contributed by atoms with Gasteiger partial charge in [0.05, 0.1) is 24.7 Å². The molecule has 1 saturated heterocycles. The summed E-state index contributed by atoms with van der Waals surface area (Å²) in [5.74, 6) is 0.737. The summed E-state index contributed by atoms with van der Waals surface area (Å²) in [4.78, 5) is 38.2. The number of fused-ring (bicyclic) bond motifs is 1. The number of carbonyl (C=O) groups is 2. The fourth-order valence-electron chi connectivity index (χ4n) is 3.55. The van der Waals surface area contributed by atoms with Crippen LogP contribution in [-0.4, -0.2) is 56.8 Å². The molecule has 1 aromatic heterocycles. The fourth-order valence-corrected chi connectivity index (χ4v) is 3.55. The highest BCUT2D eigenvalue weighted by Crippen LogP contribution is 2.26. The van der Waals surface area contributed by atoms with E-state index in [1.807, 2.05) is 6.20 Å². The van der Waals surface area contributed by atoms with E-state index in [9.17, 15) is 9.59 Å². The Bertz CT molecular complexity index is 710. The van der Waals surface area contributed by atoms with E-state index in [-0.39, 0.29) is 29.7 Å². The van der Waals surface area contributed by atoms with Crippen molar-refractivity contribution in [3.8, 4) is 0 Å². The van der Waals surface area contributed by atoms with Crippen LogP contribution in [0.1, 0.15) is 58.1 Å². The van der Waals surface area contributed by atoms with Gasteiger partial charge in [0.15, 0.2) is 0 Å². The Hall–Kier alpha value is -2.02. The first-order chi connectivity index (χ1) is 12.2. The molecule has 1 aromatic rings. The van der Waals surface area contributed by atoms with Crippen LogP contribution in [-0.2, 0) is 28.1 Å². The molecule has 7 nitrogen and oxygen atoms in total. The predicted octanol–water partition coefficient (Wildman–Crippen LogP) is 1.22. The van der Waals surface area contributed by atoms with Gasteiger partial charge in [-0.25, -0.2) is 9.97 Å². The predicted molar refractivity (Wildman–Crippen MR) is 98.2 cm³/mol. The maximum atomic E-state index is 12.8. The fraction of sp³-hybridized carbons (Fsp3) is 0.684. The molecule has 26 heavy (non-hydrogen) atoms. The van der Waals surface area contributed by atoms with E-state index in [1.165, 1.54) is 0 Å². The van der Waals surface area contributed by atoms with Gasteiger partial charge in [0.25, 0.3) is 0 Å². The summed E-state index contributed by atoms with van der Waals surface area (Å²) in [6.45, 7) is 12.8. The first kappa shape index (κ1) is 18.8. The third kappa shape index (κ3) is 3.72. The number of carbonyl (C=O) groups excluding carboxylic acids is 2. The highest BCUT2D eigenvalue weighted by Gasteiger charge is 2.35. The van der Waals surface area contributed by atoms with Crippen LogP contribution in [0.4, 0.5) is 0 Å². The van der Waals surface area contributed by atoms with Gasteiger partial charge in [-0.1, -0.05) is 20.8 Å². The maximum absolute atomic E-state index is 12.8. The molecule has 0 aromatic carbocycles. The number of nitrogens with one attached hydrogen (secondary N) is 1. The highest BCUT2D eigenvalue weighted by atomic mass is 16.2. The van der Waals surface area contributed by atoms with Crippen molar-refractivity contribution < 1.29 is 9.59 Å². The zero-order chi connectivity index (χ0) is 19.1. The smallest absolute Gasteiger partial charge is 0.237 e. The lowest BCUT2D eigenvalue weighted by Gasteiger charge is -2.38. The van der Waals surface area contributed by atoms with Crippen LogP contribution in [0.2, 0.25) is 0 Å². The zero-order valence-electron chi connectivity index (χ0n) is 16.4. The molecule has 2 amide bonds. The van der Waals surface area contributed by atoms with Crippen molar-refractivity contribution in [2.24, 2.45) is 0 Å². The average Bonchev–Trinajstić information content (AvgIpc) is 2.98.